The molecule has 46 valence electrons. The topological polar surface area (TPSA) is 46.2 Å². The maximum atomic E-state index is 8.28. The first-order valence-corrected chi connectivity index (χ1v) is 1.96. The highest BCUT2D eigenvalue weighted by Crippen LogP contribution is 1.89. The van der Waals surface area contributed by atoms with Crippen LogP contribution in [-0.2, 0) is 0 Å². The molecule has 3 N–H and O–H groups in total. The van der Waals surface area contributed by atoms with Gasteiger partial charge in [-0.2, -0.15) is 0 Å². The lowest BCUT2D eigenvalue weighted by molar-refractivity contribution is 0.221. The van der Waals surface area contributed by atoms with Crippen molar-refractivity contribution in [3.63, 3.8) is 0 Å². The SMILES string of the molecule is Br.CC(C)(N)CO. The van der Waals surface area contributed by atoms with Gasteiger partial charge in [0.25, 0.3) is 0 Å². The zero-order valence-electron chi connectivity index (χ0n) is 4.64. The van der Waals surface area contributed by atoms with Crippen LogP contribution < -0.4 is 5.73 Å². The number of hydrogen-bond acceptors (Lipinski definition) is 2. The lowest BCUT2D eigenvalue weighted by Crippen LogP contribution is -2.35. The van der Waals surface area contributed by atoms with Gasteiger partial charge in [0.1, 0.15) is 0 Å². The number of aliphatic hydroxyl groups excluding tert-OH is 1. The lowest BCUT2D eigenvalue weighted by atomic mass is 10.1. The van der Waals surface area contributed by atoms with E-state index in [2.05, 4.69) is 0 Å². The van der Waals surface area contributed by atoms with E-state index < -0.39 is 5.54 Å². The van der Waals surface area contributed by atoms with Crippen molar-refractivity contribution >= 4 is 17.0 Å². The van der Waals surface area contributed by atoms with Gasteiger partial charge >= 0.3 is 0 Å². The molecule has 0 aliphatic rings. The van der Waals surface area contributed by atoms with Crippen molar-refractivity contribution in [1.29, 1.82) is 0 Å². The second kappa shape index (κ2) is 3.41. The first kappa shape index (κ1) is 10.4. The van der Waals surface area contributed by atoms with E-state index in [4.69, 9.17) is 10.8 Å². The Morgan fingerprint density at radius 2 is 1.71 bits per heavy atom. The first-order chi connectivity index (χ1) is 2.56. The molecule has 0 aromatic heterocycles. The van der Waals surface area contributed by atoms with Crippen LogP contribution in [0.15, 0.2) is 0 Å². The van der Waals surface area contributed by atoms with Crippen molar-refractivity contribution < 1.29 is 5.11 Å². The minimum absolute atomic E-state index is 0. The van der Waals surface area contributed by atoms with E-state index in [9.17, 15) is 0 Å². The summed E-state index contributed by atoms with van der Waals surface area (Å²) in [6.45, 7) is 3.59. The summed E-state index contributed by atoms with van der Waals surface area (Å²) in [6, 6.07) is 0. The zero-order valence-corrected chi connectivity index (χ0v) is 6.35. The maximum Gasteiger partial charge on any atom is 0.0605 e. The summed E-state index contributed by atoms with van der Waals surface area (Å²) in [5.74, 6) is 0. The first-order valence-electron chi connectivity index (χ1n) is 1.96. The predicted molar refractivity (Wildman–Crippen MR) is 35.7 cm³/mol. The monoisotopic (exact) mass is 169 g/mol. The number of aliphatic hydroxyl groups is 1. The third kappa shape index (κ3) is 10.7. The van der Waals surface area contributed by atoms with Crippen molar-refractivity contribution in [1.82, 2.24) is 0 Å². The fourth-order valence-electron chi connectivity index (χ4n) is 0. The standard InChI is InChI=1S/C4H11NO.BrH/c1-4(2,5)3-6;/h6H,3,5H2,1-2H3;1H. The van der Waals surface area contributed by atoms with E-state index in [1.807, 2.05) is 0 Å². The maximum absolute atomic E-state index is 8.28. The molecule has 7 heavy (non-hydrogen) atoms. The molecule has 0 amide bonds. The predicted octanol–water partition coefficient (Wildman–Crippen LogP) is 0.294. The Labute approximate surface area is 54.5 Å². The number of nitrogens with two attached hydrogens (primary N) is 1. The molecule has 0 aliphatic carbocycles. The lowest BCUT2D eigenvalue weighted by Gasteiger charge is -2.12. The van der Waals surface area contributed by atoms with Gasteiger partial charge in [0.05, 0.1) is 6.61 Å². The van der Waals surface area contributed by atoms with E-state index in [1.54, 1.807) is 13.8 Å². The summed E-state index contributed by atoms with van der Waals surface area (Å²) in [7, 11) is 0. The molecule has 0 heterocycles. The fourth-order valence-corrected chi connectivity index (χ4v) is 0. The minimum atomic E-state index is -0.403. The van der Waals surface area contributed by atoms with E-state index in [1.165, 1.54) is 0 Å². The van der Waals surface area contributed by atoms with Crippen molar-refractivity contribution in [2.45, 2.75) is 19.4 Å². The van der Waals surface area contributed by atoms with Gasteiger partial charge < -0.3 is 10.8 Å². The summed E-state index contributed by atoms with van der Waals surface area (Å²) in [5, 5.41) is 8.28. The molecule has 0 spiro atoms. The molecule has 0 bridgehead atoms. The van der Waals surface area contributed by atoms with E-state index >= 15 is 0 Å². The van der Waals surface area contributed by atoms with Crippen LogP contribution in [-0.4, -0.2) is 17.3 Å². The van der Waals surface area contributed by atoms with Crippen LogP contribution in [0.25, 0.3) is 0 Å². The van der Waals surface area contributed by atoms with Gasteiger partial charge in [-0.15, -0.1) is 17.0 Å². The summed E-state index contributed by atoms with van der Waals surface area (Å²) >= 11 is 0. The molecular weight excluding hydrogens is 158 g/mol. The summed E-state index contributed by atoms with van der Waals surface area (Å²) < 4.78 is 0. The third-order valence-electron chi connectivity index (χ3n) is 0.408. The highest BCUT2D eigenvalue weighted by Gasteiger charge is 2.05. The van der Waals surface area contributed by atoms with Crippen molar-refractivity contribution in [2.75, 3.05) is 6.61 Å². The highest BCUT2D eigenvalue weighted by molar-refractivity contribution is 8.93. The average molecular weight is 170 g/mol. The summed E-state index contributed by atoms with van der Waals surface area (Å²) in [5.41, 5.74) is 4.88. The van der Waals surface area contributed by atoms with Crippen molar-refractivity contribution in [3.8, 4) is 0 Å². The van der Waals surface area contributed by atoms with Crippen LogP contribution in [0.3, 0.4) is 0 Å². The van der Waals surface area contributed by atoms with Crippen molar-refractivity contribution in [3.05, 3.63) is 0 Å². The summed E-state index contributed by atoms with van der Waals surface area (Å²) in [4.78, 5) is 0. The Morgan fingerprint density at radius 1 is 1.57 bits per heavy atom. The van der Waals surface area contributed by atoms with Crippen LogP contribution in [0.1, 0.15) is 13.8 Å². The van der Waals surface area contributed by atoms with E-state index in [0.717, 1.165) is 0 Å². The van der Waals surface area contributed by atoms with Gasteiger partial charge in [-0.05, 0) is 13.8 Å². The molecule has 0 unspecified atom stereocenters. The molecule has 0 fully saturated rings. The smallest absolute Gasteiger partial charge is 0.0605 e. The molecule has 0 aliphatic heterocycles. The Morgan fingerprint density at radius 3 is 1.71 bits per heavy atom. The molecule has 2 nitrogen and oxygen atoms in total. The number of halogens is 1. The Hall–Kier alpha value is 0.400. The van der Waals surface area contributed by atoms with Gasteiger partial charge in [-0.1, -0.05) is 0 Å². The Kier molecular flexibility index (Phi) is 5.06. The van der Waals surface area contributed by atoms with Crippen LogP contribution in [0.5, 0.6) is 0 Å². The van der Waals surface area contributed by atoms with Crippen molar-refractivity contribution in [2.24, 2.45) is 5.73 Å². The molecule has 0 saturated heterocycles. The van der Waals surface area contributed by atoms with Crippen LogP contribution in [0.4, 0.5) is 0 Å². The molecule has 0 rings (SSSR count). The van der Waals surface area contributed by atoms with Crippen LogP contribution >= 0.6 is 17.0 Å². The van der Waals surface area contributed by atoms with E-state index in [0.29, 0.717) is 0 Å². The van der Waals surface area contributed by atoms with Gasteiger partial charge in [-0.3, -0.25) is 0 Å². The summed E-state index contributed by atoms with van der Waals surface area (Å²) in [6.07, 6.45) is 0. The largest absolute Gasteiger partial charge is 0.394 e. The Balaban J connectivity index is 0. The molecule has 3 heteroatoms. The van der Waals surface area contributed by atoms with Crippen LogP contribution in [0, 0.1) is 0 Å². The molecule has 0 radical (unpaired) electrons. The number of hydrogen-bond donors (Lipinski definition) is 2. The molecule has 0 aromatic rings. The highest BCUT2D eigenvalue weighted by atomic mass is 79.9. The second-order valence-electron chi connectivity index (χ2n) is 2.15. The normalized spacial score (nSPS) is 10.3. The van der Waals surface area contributed by atoms with Gasteiger partial charge in [0.15, 0.2) is 0 Å². The molecule has 0 atom stereocenters. The van der Waals surface area contributed by atoms with Gasteiger partial charge in [0, 0.05) is 5.54 Å². The average Bonchev–Trinajstić information content (AvgIpc) is 1.35. The number of rotatable bonds is 1. The van der Waals surface area contributed by atoms with E-state index in [-0.39, 0.29) is 23.6 Å². The quantitative estimate of drug-likeness (QED) is 0.594. The second-order valence-corrected chi connectivity index (χ2v) is 2.15. The third-order valence-corrected chi connectivity index (χ3v) is 0.408. The van der Waals surface area contributed by atoms with Gasteiger partial charge in [-0.25, -0.2) is 0 Å². The van der Waals surface area contributed by atoms with Crippen LogP contribution in [0.2, 0.25) is 0 Å². The molecular formula is C4H12BrNO. The molecule has 0 saturated carbocycles. The van der Waals surface area contributed by atoms with Gasteiger partial charge in [0.2, 0.25) is 0 Å². The minimum Gasteiger partial charge on any atom is -0.394 e. The molecule has 0 aromatic carbocycles. The fraction of sp³-hybridized carbons (Fsp3) is 1.00. The zero-order chi connectivity index (χ0) is 5.21. The Bertz CT molecular complexity index is 41.4.